The largest absolute Gasteiger partial charge is 0.497 e. The van der Waals surface area contributed by atoms with Crippen LogP contribution in [0.4, 0.5) is 0 Å². The maximum absolute atomic E-state index is 9.22. The van der Waals surface area contributed by atoms with E-state index in [0.717, 1.165) is 17.2 Å². The first-order valence-corrected chi connectivity index (χ1v) is 10.5. The molecule has 0 atom stereocenters. The molecule has 1 amide bonds. The molecule has 0 aromatic carbocycles. The SMILES string of the molecule is CC.CC.CC(N)=O.CCN(CC)CC.CNC.COC1=CC=C(Cl)CC=C1. The van der Waals surface area contributed by atoms with E-state index < -0.39 is 0 Å². The highest BCUT2D eigenvalue weighted by atomic mass is 35.5. The second kappa shape index (κ2) is 36.6. The van der Waals surface area contributed by atoms with Gasteiger partial charge in [-0.2, -0.15) is 0 Å². The zero-order valence-electron chi connectivity index (χ0n) is 20.4. The van der Waals surface area contributed by atoms with Crippen molar-refractivity contribution in [3.63, 3.8) is 0 Å². The first-order valence-electron chi connectivity index (χ1n) is 10.2. The van der Waals surface area contributed by atoms with E-state index in [-0.39, 0.29) is 5.91 Å². The molecule has 1 aliphatic rings. The highest BCUT2D eigenvalue weighted by Crippen LogP contribution is 2.14. The van der Waals surface area contributed by atoms with Gasteiger partial charge in [0.25, 0.3) is 0 Å². The fourth-order valence-corrected chi connectivity index (χ4v) is 1.54. The molecule has 6 heteroatoms. The lowest BCUT2D eigenvalue weighted by Gasteiger charge is -2.13. The van der Waals surface area contributed by atoms with Gasteiger partial charge < -0.3 is 20.7 Å². The van der Waals surface area contributed by atoms with Gasteiger partial charge in [0.15, 0.2) is 0 Å². The van der Waals surface area contributed by atoms with E-state index in [9.17, 15) is 4.79 Å². The summed E-state index contributed by atoms with van der Waals surface area (Å²) in [5, 5.41) is 3.59. The molecule has 3 N–H and O–H groups in total. The third-order valence-corrected chi connectivity index (χ3v) is 2.88. The molecule has 0 saturated carbocycles. The summed E-state index contributed by atoms with van der Waals surface area (Å²) in [6.45, 7) is 19.4. The molecule has 0 aromatic heterocycles. The smallest absolute Gasteiger partial charge is 0.214 e. The molecular weight excluding hydrogens is 374 g/mol. The Balaban J connectivity index is -0.0000000861. The minimum atomic E-state index is -0.333. The van der Waals surface area contributed by atoms with Gasteiger partial charge in [-0.05, 0) is 52.0 Å². The molecule has 0 aromatic rings. The summed E-state index contributed by atoms with van der Waals surface area (Å²) in [6.07, 6.45) is 8.38. The molecule has 0 spiro atoms. The fraction of sp³-hybridized carbons (Fsp3) is 0.682. The summed E-state index contributed by atoms with van der Waals surface area (Å²) >= 11 is 5.75. The standard InChI is InChI=1S/C8H9ClO.C6H15N.C2H5NO.C2H7N.2C2H6/c1-10-8-4-2-3-7(9)5-6-8;1-4-7(5-2)6-3;1-2(3)4;1-3-2;2*1-2/h2,4-6H,3H2,1H3;4-6H2,1-3H3;1H3,(H2,3,4);3H,1-2H3;2*1-2H3. The molecule has 170 valence electrons. The van der Waals surface area contributed by atoms with Crippen LogP contribution in [0.25, 0.3) is 0 Å². The van der Waals surface area contributed by atoms with Crippen LogP contribution in [0.15, 0.2) is 35.1 Å². The lowest BCUT2D eigenvalue weighted by Crippen LogP contribution is -2.21. The number of carbonyl (C=O) groups is 1. The van der Waals surface area contributed by atoms with Gasteiger partial charge in [0.2, 0.25) is 5.91 Å². The minimum Gasteiger partial charge on any atom is -0.497 e. The van der Waals surface area contributed by atoms with Gasteiger partial charge in [-0.1, -0.05) is 66.1 Å². The number of amides is 1. The molecule has 0 radical (unpaired) electrons. The minimum absolute atomic E-state index is 0.333. The maximum atomic E-state index is 9.22. The summed E-state index contributed by atoms with van der Waals surface area (Å²) in [5.41, 5.74) is 4.47. The van der Waals surface area contributed by atoms with Crippen LogP contribution in [0, 0.1) is 0 Å². The van der Waals surface area contributed by atoms with Crippen molar-refractivity contribution >= 4 is 17.5 Å². The number of carbonyl (C=O) groups excluding carboxylic acids is 1. The van der Waals surface area contributed by atoms with Crippen LogP contribution in [-0.4, -0.2) is 51.6 Å². The van der Waals surface area contributed by atoms with Gasteiger partial charge in [-0.15, -0.1) is 0 Å². The predicted octanol–water partition coefficient (Wildman–Crippen LogP) is 5.33. The number of hydrogen-bond acceptors (Lipinski definition) is 4. The van der Waals surface area contributed by atoms with Crippen molar-refractivity contribution in [2.75, 3.05) is 40.8 Å². The fourth-order valence-electron chi connectivity index (χ4n) is 1.39. The number of halogens is 1. The first-order chi connectivity index (χ1) is 13.3. The van der Waals surface area contributed by atoms with Crippen LogP contribution in [0.2, 0.25) is 0 Å². The number of nitrogens with zero attached hydrogens (tertiary/aromatic N) is 1. The predicted molar refractivity (Wildman–Crippen MR) is 129 cm³/mol. The summed E-state index contributed by atoms with van der Waals surface area (Å²) in [7, 11) is 5.39. The van der Waals surface area contributed by atoms with Gasteiger partial charge in [-0.25, -0.2) is 0 Å². The average molecular weight is 422 g/mol. The highest BCUT2D eigenvalue weighted by Gasteiger charge is 1.94. The number of primary amides is 1. The Morgan fingerprint density at radius 3 is 1.71 bits per heavy atom. The van der Waals surface area contributed by atoms with Crippen molar-refractivity contribution in [2.24, 2.45) is 5.73 Å². The average Bonchev–Trinajstić information content (AvgIpc) is 2.91. The van der Waals surface area contributed by atoms with Gasteiger partial charge in [0.1, 0.15) is 5.76 Å². The number of methoxy groups -OCH3 is 1. The van der Waals surface area contributed by atoms with Gasteiger partial charge in [-0.3, -0.25) is 4.79 Å². The van der Waals surface area contributed by atoms with Crippen LogP contribution in [0.1, 0.15) is 61.8 Å². The third kappa shape index (κ3) is 44.3. The molecule has 1 aliphatic carbocycles. The Morgan fingerprint density at radius 1 is 1.11 bits per heavy atom. The van der Waals surface area contributed by atoms with Crippen molar-refractivity contribution < 1.29 is 9.53 Å². The van der Waals surface area contributed by atoms with E-state index >= 15 is 0 Å². The van der Waals surface area contributed by atoms with Crippen molar-refractivity contribution in [3.05, 3.63) is 35.1 Å². The van der Waals surface area contributed by atoms with Crippen molar-refractivity contribution in [3.8, 4) is 0 Å². The first kappa shape index (κ1) is 37.5. The summed E-state index contributed by atoms with van der Waals surface area (Å²) in [6, 6.07) is 0. The van der Waals surface area contributed by atoms with Gasteiger partial charge in [0, 0.05) is 18.4 Å². The monoisotopic (exact) mass is 421 g/mol. The zero-order chi connectivity index (χ0) is 23.4. The Labute approximate surface area is 181 Å². The number of rotatable bonds is 4. The van der Waals surface area contributed by atoms with E-state index in [1.807, 2.05) is 66.1 Å². The van der Waals surface area contributed by atoms with Crippen molar-refractivity contribution in [2.45, 2.75) is 61.8 Å². The van der Waals surface area contributed by atoms with E-state index in [1.165, 1.54) is 26.6 Å². The molecule has 0 aliphatic heterocycles. The topological polar surface area (TPSA) is 67.6 Å². The second-order valence-electron chi connectivity index (χ2n) is 4.72. The van der Waals surface area contributed by atoms with E-state index in [1.54, 1.807) is 7.11 Å². The molecule has 28 heavy (non-hydrogen) atoms. The summed E-state index contributed by atoms with van der Waals surface area (Å²) < 4.78 is 4.99. The normalized spacial score (nSPS) is 10.8. The van der Waals surface area contributed by atoms with Gasteiger partial charge in [0.05, 0.1) is 7.11 Å². The lowest BCUT2D eigenvalue weighted by atomic mass is 10.4. The van der Waals surface area contributed by atoms with Crippen LogP contribution in [0.3, 0.4) is 0 Å². The van der Waals surface area contributed by atoms with E-state index in [4.69, 9.17) is 16.3 Å². The van der Waals surface area contributed by atoms with Crippen LogP contribution in [0.5, 0.6) is 0 Å². The second-order valence-corrected chi connectivity index (χ2v) is 5.21. The molecule has 0 unspecified atom stereocenters. The number of ether oxygens (including phenoxy) is 1. The Hall–Kier alpha value is -1.30. The molecule has 5 nitrogen and oxygen atoms in total. The maximum Gasteiger partial charge on any atom is 0.214 e. The summed E-state index contributed by atoms with van der Waals surface area (Å²) in [5.74, 6) is 0.510. The van der Waals surface area contributed by atoms with Gasteiger partial charge >= 0.3 is 0 Å². The molecule has 0 bridgehead atoms. The van der Waals surface area contributed by atoms with Crippen molar-refractivity contribution in [1.29, 1.82) is 0 Å². The van der Waals surface area contributed by atoms with Crippen molar-refractivity contribution in [1.82, 2.24) is 10.2 Å². The van der Waals surface area contributed by atoms with E-state index in [0.29, 0.717) is 0 Å². The molecule has 0 heterocycles. The number of nitrogens with two attached hydrogens (primary N) is 1. The zero-order valence-corrected chi connectivity index (χ0v) is 21.1. The molecule has 1 rings (SSSR count). The number of allylic oxidation sites excluding steroid dienone is 5. The molecule has 0 fully saturated rings. The lowest BCUT2D eigenvalue weighted by molar-refractivity contribution is -0.115. The molecule has 0 saturated heterocycles. The Bertz CT molecular complexity index is 368. The third-order valence-electron chi connectivity index (χ3n) is 2.60. The molecular formula is C22H48ClN3O2. The highest BCUT2D eigenvalue weighted by molar-refractivity contribution is 6.29. The van der Waals surface area contributed by atoms with Crippen LogP contribution < -0.4 is 11.1 Å². The van der Waals surface area contributed by atoms with E-state index in [2.05, 4.69) is 36.7 Å². The Morgan fingerprint density at radius 2 is 1.46 bits per heavy atom. The Kier molecular flexibility index (Phi) is 48.9. The number of hydrogen-bond donors (Lipinski definition) is 2. The number of nitrogens with one attached hydrogen (secondary N) is 1. The van der Waals surface area contributed by atoms with Crippen LogP contribution >= 0.6 is 11.6 Å². The summed E-state index contributed by atoms with van der Waals surface area (Å²) in [4.78, 5) is 11.6. The van der Waals surface area contributed by atoms with Crippen LogP contribution in [-0.2, 0) is 9.53 Å². The quantitative estimate of drug-likeness (QED) is 0.643.